The van der Waals surface area contributed by atoms with Gasteiger partial charge in [-0.2, -0.15) is 13.2 Å². The highest BCUT2D eigenvalue weighted by Gasteiger charge is 2.34. The molecular formula is C14H15ClF3NO4. The van der Waals surface area contributed by atoms with Gasteiger partial charge in [0.05, 0.1) is 35.9 Å². The van der Waals surface area contributed by atoms with Crippen LogP contribution in [0.1, 0.15) is 37.4 Å². The molecule has 0 N–H and O–H groups in total. The van der Waals surface area contributed by atoms with Crippen molar-refractivity contribution in [1.82, 2.24) is 4.98 Å². The zero-order chi connectivity index (χ0) is 17.6. The normalized spacial score (nSPS) is 12.6. The summed E-state index contributed by atoms with van der Waals surface area (Å²) in [7, 11) is 0. The molecule has 1 atom stereocenters. The predicted octanol–water partition coefficient (Wildman–Crippen LogP) is 3.35. The highest BCUT2D eigenvalue weighted by Crippen LogP contribution is 2.34. The zero-order valence-electron chi connectivity index (χ0n) is 12.4. The lowest BCUT2D eigenvalue weighted by molar-refractivity contribution is -0.151. The summed E-state index contributed by atoms with van der Waals surface area (Å²) >= 11 is 5.81. The van der Waals surface area contributed by atoms with Crippen molar-refractivity contribution in [3.8, 4) is 0 Å². The molecule has 5 nitrogen and oxygen atoms in total. The molecule has 0 saturated carbocycles. The van der Waals surface area contributed by atoms with Crippen molar-refractivity contribution >= 4 is 23.5 Å². The molecule has 1 unspecified atom stereocenters. The maximum absolute atomic E-state index is 12.6. The SMILES string of the molecule is CCOC(=O)CC(C(=O)OCC)c1ncc(C(F)(F)F)cc1Cl. The number of esters is 2. The van der Waals surface area contributed by atoms with Crippen LogP contribution in [0.4, 0.5) is 13.2 Å². The number of carbonyl (C=O) groups excluding carboxylic acids is 2. The van der Waals surface area contributed by atoms with Crippen LogP contribution in [0.5, 0.6) is 0 Å². The van der Waals surface area contributed by atoms with Crippen LogP contribution in [0, 0.1) is 0 Å². The summed E-state index contributed by atoms with van der Waals surface area (Å²) in [5, 5.41) is -0.373. The van der Waals surface area contributed by atoms with E-state index in [0.717, 1.165) is 0 Å². The molecule has 23 heavy (non-hydrogen) atoms. The summed E-state index contributed by atoms with van der Waals surface area (Å²) in [4.78, 5) is 27.2. The summed E-state index contributed by atoms with van der Waals surface area (Å²) in [5.74, 6) is -2.75. The standard InChI is InChI=1S/C14H15ClF3NO4/c1-3-22-11(20)6-9(13(21)23-4-2)12-10(15)5-8(7-19-12)14(16,17)18/h5,7,9H,3-4,6H2,1-2H3. The number of aromatic nitrogens is 1. The Morgan fingerprint density at radius 3 is 2.35 bits per heavy atom. The molecule has 0 aliphatic heterocycles. The highest BCUT2D eigenvalue weighted by molar-refractivity contribution is 6.31. The number of alkyl halides is 3. The van der Waals surface area contributed by atoms with Gasteiger partial charge in [0.25, 0.3) is 0 Å². The molecule has 128 valence electrons. The van der Waals surface area contributed by atoms with Gasteiger partial charge in [-0.05, 0) is 19.9 Å². The molecule has 0 fully saturated rings. The Kier molecular flexibility index (Phi) is 6.80. The number of pyridine rings is 1. The van der Waals surface area contributed by atoms with Gasteiger partial charge in [0.2, 0.25) is 0 Å². The lowest BCUT2D eigenvalue weighted by Crippen LogP contribution is -2.22. The average Bonchev–Trinajstić information content (AvgIpc) is 2.44. The van der Waals surface area contributed by atoms with Crippen LogP contribution < -0.4 is 0 Å². The molecule has 0 aliphatic carbocycles. The third kappa shape index (κ3) is 5.38. The molecule has 0 spiro atoms. The van der Waals surface area contributed by atoms with E-state index in [2.05, 4.69) is 4.98 Å². The van der Waals surface area contributed by atoms with Gasteiger partial charge in [-0.3, -0.25) is 14.6 Å². The van der Waals surface area contributed by atoms with E-state index in [9.17, 15) is 22.8 Å². The van der Waals surface area contributed by atoms with E-state index < -0.39 is 36.0 Å². The van der Waals surface area contributed by atoms with Gasteiger partial charge in [-0.15, -0.1) is 0 Å². The summed E-state index contributed by atoms with van der Waals surface area (Å²) in [6.07, 6.45) is -4.49. The van der Waals surface area contributed by atoms with Gasteiger partial charge in [0, 0.05) is 6.20 Å². The second-order valence-corrected chi connectivity index (χ2v) is 4.81. The molecule has 1 heterocycles. The molecule has 0 aliphatic rings. The minimum Gasteiger partial charge on any atom is -0.466 e. The lowest BCUT2D eigenvalue weighted by Gasteiger charge is -2.16. The fourth-order valence-electron chi connectivity index (χ4n) is 1.78. The largest absolute Gasteiger partial charge is 0.466 e. The van der Waals surface area contributed by atoms with E-state index in [1.54, 1.807) is 13.8 Å². The number of hydrogen-bond acceptors (Lipinski definition) is 5. The Morgan fingerprint density at radius 2 is 1.87 bits per heavy atom. The Balaban J connectivity index is 3.15. The van der Waals surface area contributed by atoms with E-state index in [4.69, 9.17) is 21.1 Å². The van der Waals surface area contributed by atoms with Crippen molar-refractivity contribution in [2.45, 2.75) is 32.4 Å². The Bertz CT molecular complexity index is 578. The second-order valence-electron chi connectivity index (χ2n) is 4.40. The van der Waals surface area contributed by atoms with Gasteiger partial charge >= 0.3 is 18.1 Å². The summed E-state index contributed by atoms with van der Waals surface area (Å²) in [5.41, 5.74) is -1.21. The Hall–Kier alpha value is -1.83. The topological polar surface area (TPSA) is 65.5 Å². The number of carbonyl (C=O) groups is 2. The molecule has 1 rings (SSSR count). The van der Waals surface area contributed by atoms with E-state index in [1.165, 1.54) is 0 Å². The van der Waals surface area contributed by atoms with Crippen LogP contribution in [0.2, 0.25) is 5.02 Å². The van der Waals surface area contributed by atoms with Crippen LogP contribution in [0.25, 0.3) is 0 Å². The molecular weight excluding hydrogens is 339 g/mol. The minimum absolute atomic E-state index is 0.0381. The third-order valence-corrected chi connectivity index (χ3v) is 3.08. The summed E-state index contributed by atoms with van der Waals surface area (Å²) in [6.45, 7) is 3.28. The zero-order valence-corrected chi connectivity index (χ0v) is 13.2. The second kappa shape index (κ2) is 8.14. The Labute approximate surface area is 135 Å². The van der Waals surface area contributed by atoms with Crippen LogP contribution in [0.15, 0.2) is 12.3 Å². The van der Waals surface area contributed by atoms with Crippen molar-refractivity contribution in [3.63, 3.8) is 0 Å². The number of rotatable bonds is 6. The first-order valence-electron chi connectivity index (χ1n) is 6.75. The van der Waals surface area contributed by atoms with E-state index in [-0.39, 0.29) is 23.9 Å². The van der Waals surface area contributed by atoms with Gasteiger partial charge in [0.1, 0.15) is 5.92 Å². The number of ether oxygens (including phenoxy) is 2. The molecule has 0 amide bonds. The molecule has 0 bridgehead atoms. The number of nitrogens with zero attached hydrogens (tertiary/aromatic N) is 1. The smallest absolute Gasteiger partial charge is 0.417 e. The molecule has 0 saturated heterocycles. The molecule has 1 aromatic heterocycles. The fourth-order valence-corrected chi connectivity index (χ4v) is 2.08. The van der Waals surface area contributed by atoms with Gasteiger partial charge in [-0.25, -0.2) is 0 Å². The van der Waals surface area contributed by atoms with Crippen molar-refractivity contribution in [2.75, 3.05) is 13.2 Å². The number of hydrogen-bond donors (Lipinski definition) is 0. The maximum Gasteiger partial charge on any atom is 0.417 e. The Morgan fingerprint density at radius 1 is 1.26 bits per heavy atom. The first kappa shape index (κ1) is 19.2. The van der Waals surface area contributed by atoms with Crippen LogP contribution in [-0.4, -0.2) is 30.1 Å². The van der Waals surface area contributed by atoms with Gasteiger partial charge in [-0.1, -0.05) is 11.6 Å². The molecule has 0 aromatic carbocycles. The molecule has 1 aromatic rings. The highest BCUT2D eigenvalue weighted by atomic mass is 35.5. The van der Waals surface area contributed by atoms with Crippen molar-refractivity contribution in [3.05, 3.63) is 28.5 Å². The van der Waals surface area contributed by atoms with E-state index >= 15 is 0 Å². The van der Waals surface area contributed by atoms with E-state index in [1.807, 2.05) is 0 Å². The molecule has 0 radical (unpaired) electrons. The minimum atomic E-state index is -4.62. The third-order valence-electron chi connectivity index (χ3n) is 2.77. The number of halogens is 4. The fraction of sp³-hybridized carbons (Fsp3) is 0.500. The molecule has 9 heteroatoms. The van der Waals surface area contributed by atoms with Crippen LogP contribution in [0.3, 0.4) is 0 Å². The van der Waals surface area contributed by atoms with E-state index in [0.29, 0.717) is 12.3 Å². The quantitative estimate of drug-likeness (QED) is 0.734. The monoisotopic (exact) mass is 353 g/mol. The van der Waals surface area contributed by atoms with Crippen LogP contribution >= 0.6 is 11.6 Å². The summed E-state index contributed by atoms with van der Waals surface area (Å²) in [6, 6.07) is 0.654. The predicted molar refractivity (Wildman–Crippen MR) is 74.9 cm³/mol. The summed E-state index contributed by atoms with van der Waals surface area (Å²) < 4.78 is 47.4. The first-order chi connectivity index (χ1) is 10.7. The van der Waals surface area contributed by atoms with Crippen molar-refractivity contribution in [1.29, 1.82) is 0 Å². The lowest BCUT2D eigenvalue weighted by atomic mass is 10.00. The first-order valence-corrected chi connectivity index (χ1v) is 7.13. The van der Waals surface area contributed by atoms with Gasteiger partial charge < -0.3 is 9.47 Å². The van der Waals surface area contributed by atoms with Crippen molar-refractivity contribution < 1.29 is 32.2 Å². The van der Waals surface area contributed by atoms with Crippen molar-refractivity contribution in [2.24, 2.45) is 0 Å². The maximum atomic E-state index is 12.6. The average molecular weight is 354 g/mol. The van der Waals surface area contributed by atoms with Crippen LogP contribution in [-0.2, 0) is 25.2 Å². The van der Waals surface area contributed by atoms with Gasteiger partial charge in [0.15, 0.2) is 0 Å².